The van der Waals surface area contributed by atoms with E-state index in [0.29, 0.717) is 11.3 Å². The minimum absolute atomic E-state index is 0.257. The standard InChI is InChI=1S/C14H11N3O2/c15-11-2-1-7-17-8-12(16-13(11)17)9-3-5-10(6-4-9)14(18)19/h1-8H,15H2,(H,18,19). The molecular weight excluding hydrogens is 242 g/mol. The Hall–Kier alpha value is -2.82. The number of hydrogen-bond acceptors (Lipinski definition) is 3. The lowest BCUT2D eigenvalue weighted by Crippen LogP contribution is -1.94. The van der Waals surface area contributed by atoms with Gasteiger partial charge in [0.2, 0.25) is 0 Å². The number of rotatable bonds is 2. The number of hydrogen-bond donors (Lipinski definition) is 2. The van der Waals surface area contributed by atoms with Crippen molar-refractivity contribution < 1.29 is 9.90 Å². The third-order valence-electron chi connectivity index (χ3n) is 2.94. The molecule has 0 amide bonds. The van der Waals surface area contributed by atoms with Crippen molar-refractivity contribution in [2.75, 3.05) is 5.73 Å². The number of aromatic nitrogens is 2. The highest BCUT2D eigenvalue weighted by molar-refractivity contribution is 5.88. The van der Waals surface area contributed by atoms with Gasteiger partial charge < -0.3 is 15.2 Å². The first kappa shape index (κ1) is 11.3. The predicted octanol–water partition coefficient (Wildman–Crippen LogP) is 2.28. The van der Waals surface area contributed by atoms with Crippen molar-refractivity contribution in [1.29, 1.82) is 0 Å². The van der Waals surface area contributed by atoms with Crippen LogP contribution in [-0.4, -0.2) is 20.5 Å². The fraction of sp³-hybridized carbons (Fsp3) is 0. The molecule has 0 aliphatic heterocycles. The minimum Gasteiger partial charge on any atom is -0.478 e. The number of anilines is 1. The highest BCUT2D eigenvalue weighted by Crippen LogP contribution is 2.22. The third kappa shape index (κ3) is 1.91. The van der Waals surface area contributed by atoms with Crippen LogP contribution in [-0.2, 0) is 0 Å². The molecule has 5 nitrogen and oxygen atoms in total. The molecule has 94 valence electrons. The summed E-state index contributed by atoms with van der Waals surface area (Å²) in [6.07, 6.45) is 3.73. The van der Waals surface area contributed by atoms with E-state index >= 15 is 0 Å². The topological polar surface area (TPSA) is 80.6 Å². The second-order valence-corrected chi connectivity index (χ2v) is 4.20. The normalized spacial score (nSPS) is 10.7. The van der Waals surface area contributed by atoms with Crippen molar-refractivity contribution in [3.8, 4) is 11.3 Å². The van der Waals surface area contributed by atoms with Crippen molar-refractivity contribution in [1.82, 2.24) is 9.38 Å². The molecular formula is C14H11N3O2. The van der Waals surface area contributed by atoms with Gasteiger partial charge >= 0.3 is 5.97 Å². The summed E-state index contributed by atoms with van der Waals surface area (Å²) in [5.41, 5.74) is 9.02. The van der Waals surface area contributed by atoms with Crippen molar-refractivity contribution >= 4 is 17.3 Å². The highest BCUT2D eigenvalue weighted by Gasteiger charge is 2.07. The third-order valence-corrected chi connectivity index (χ3v) is 2.94. The van der Waals surface area contributed by atoms with Crippen molar-refractivity contribution in [2.24, 2.45) is 0 Å². The monoisotopic (exact) mass is 253 g/mol. The van der Waals surface area contributed by atoms with Crippen LogP contribution >= 0.6 is 0 Å². The first-order valence-electron chi connectivity index (χ1n) is 5.72. The largest absolute Gasteiger partial charge is 0.478 e. The lowest BCUT2D eigenvalue weighted by atomic mass is 10.1. The average Bonchev–Trinajstić information content (AvgIpc) is 2.84. The molecule has 19 heavy (non-hydrogen) atoms. The van der Waals surface area contributed by atoms with Crippen LogP contribution in [0.1, 0.15) is 10.4 Å². The molecule has 0 bridgehead atoms. The zero-order chi connectivity index (χ0) is 13.4. The molecule has 0 fully saturated rings. The number of carboxylic acids is 1. The second-order valence-electron chi connectivity index (χ2n) is 4.20. The average molecular weight is 253 g/mol. The molecule has 0 atom stereocenters. The number of nitrogens with two attached hydrogens (primary N) is 1. The van der Waals surface area contributed by atoms with Gasteiger partial charge in [0.15, 0.2) is 5.65 Å². The molecule has 0 radical (unpaired) electrons. The van der Waals surface area contributed by atoms with Crippen molar-refractivity contribution in [3.63, 3.8) is 0 Å². The molecule has 2 heterocycles. The molecule has 2 aromatic heterocycles. The van der Waals surface area contributed by atoms with Gasteiger partial charge in [-0.25, -0.2) is 9.78 Å². The van der Waals surface area contributed by atoms with Gasteiger partial charge in [-0.2, -0.15) is 0 Å². The maximum Gasteiger partial charge on any atom is 0.335 e. The van der Waals surface area contributed by atoms with E-state index in [0.717, 1.165) is 11.3 Å². The Balaban J connectivity index is 2.09. The number of aromatic carboxylic acids is 1. The van der Waals surface area contributed by atoms with Gasteiger partial charge in [-0.1, -0.05) is 12.1 Å². The van der Waals surface area contributed by atoms with Crippen molar-refractivity contribution in [2.45, 2.75) is 0 Å². The van der Waals surface area contributed by atoms with E-state index in [-0.39, 0.29) is 5.56 Å². The maximum absolute atomic E-state index is 10.8. The SMILES string of the molecule is Nc1cccn2cc(-c3ccc(C(=O)O)cc3)nc12. The molecule has 0 spiro atoms. The number of benzene rings is 1. The first-order valence-corrected chi connectivity index (χ1v) is 5.72. The van der Waals surface area contributed by atoms with Gasteiger partial charge in [-0.3, -0.25) is 0 Å². The molecule has 3 aromatic rings. The summed E-state index contributed by atoms with van der Waals surface area (Å²) in [7, 11) is 0. The molecule has 0 unspecified atom stereocenters. The smallest absolute Gasteiger partial charge is 0.335 e. The Morgan fingerprint density at radius 1 is 1.21 bits per heavy atom. The van der Waals surface area contributed by atoms with Gasteiger partial charge in [-0.15, -0.1) is 0 Å². The summed E-state index contributed by atoms with van der Waals surface area (Å²) in [6.45, 7) is 0. The molecule has 0 saturated heterocycles. The number of pyridine rings is 1. The Morgan fingerprint density at radius 3 is 2.58 bits per heavy atom. The van der Waals surface area contributed by atoms with E-state index in [1.807, 2.05) is 22.9 Å². The van der Waals surface area contributed by atoms with Crippen LogP contribution < -0.4 is 5.73 Å². The lowest BCUT2D eigenvalue weighted by Gasteiger charge is -1.97. The number of carboxylic acid groups (broad SMARTS) is 1. The van der Waals surface area contributed by atoms with Crippen LogP contribution in [0.4, 0.5) is 5.69 Å². The number of carbonyl (C=O) groups is 1. The van der Waals surface area contributed by atoms with Crippen LogP contribution in [0.25, 0.3) is 16.9 Å². The van der Waals surface area contributed by atoms with E-state index < -0.39 is 5.97 Å². The number of nitrogens with zero attached hydrogens (tertiary/aromatic N) is 2. The number of nitrogen functional groups attached to an aromatic ring is 1. The van der Waals surface area contributed by atoms with Crippen molar-refractivity contribution in [3.05, 3.63) is 54.4 Å². The summed E-state index contributed by atoms with van der Waals surface area (Å²) in [5, 5.41) is 8.86. The van der Waals surface area contributed by atoms with E-state index in [4.69, 9.17) is 10.8 Å². The Morgan fingerprint density at radius 2 is 1.95 bits per heavy atom. The fourth-order valence-corrected chi connectivity index (χ4v) is 1.96. The van der Waals surface area contributed by atoms with Crippen LogP contribution in [0, 0.1) is 0 Å². The van der Waals surface area contributed by atoms with Gasteiger partial charge in [0.1, 0.15) is 0 Å². The summed E-state index contributed by atoms with van der Waals surface area (Å²) in [5.74, 6) is -0.939. The summed E-state index contributed by atoms with van der Waals surface area (Å²) in [4.78, 5) is 15.2. The van der Waals surface area contributed by atoms with Crippen LogP contribution in [0.5, 0.6) is 0 Å². The minimum atomic E-state index is -0.939. The predicted molar refractivity (Wildman–Crippen MR) is 72.0 cm³/mol. The van der Waals surface area contributed by atoms with Gasteiger partial charge in [0, 0.05) is 18.0 Å². The maximum atomic E-state index is 10.8. The second kappa shape index (κ2) is 4.13. The van der Waals surface area contributed by atoms with E-state index in [1.54, 1.807) is 30.3 Å². The van der Waals surface area contributed by atoms with Gasteiger partial charge in [0.05, 0.1) is 16.9 Å². The molecule has 3 N–H and O–H groups in total. The summed E-state index contributed by atoms with van der Waals surface area (Å²) < 4.78 is 1.84. The van der Waals surface area contributed by atoms with Gasteiger partial charge in [0.25, 0.3) is 0 Å². The van der Waals surface area contributed by atoms with Crippen LogP contribution in [0.2, 0.25) is 0 Å². The molecule has 0 aliphatic carbocycles. The van der Waals surface area contributed by atoms with Crippen LogP contribution in [0.15, 0.2) is 48.8 Å². The van der Waals surface area contributed by atoms with E-state index in [2.05, 4.69) is 4.98 Å². The van der Waals surface area contributed by atoms with Gasteiger partial charge in [-0.05, 0) is 24.3 Å². The van der Waals surface area contributed by atoms with Crippen LogP contribution in [0.3, 0.4) is 0 Å². The quantitative estimate of drug-likeness (QED) is 0.734. The Labute approximate surface area is 108 Å². The molecule has 1 aromatic carbocycles. The zero-order valence-electron chi connectivity index (χ0n) is 9.95. The number of fused-ring (bicyclic) bond motifs is 1. The molecule has 0 aliphatic rings. The highest BCUT2D eigenvalue weighted by atomic mass is 16.4. The first-order chi connectivity index (χ1) is 9.15. The Bertz CT molecular complexity index is 760. The molecule has 3 rings (SSSR count). The lowest BCUT2D eigenvalue weighted by molar-refractivity contribution is 0.0697. The molecule has 5 heteroatoms. The Kier molecular flexibility index (Phi) is 2.45. The zero-order valence-corrected chi connectivity index (χ0v) is 9.95. The number of imidazole rings is 1. The van der Waals surface area contributed by atoms with E-state index in [1.165, 1.54) is 0 Å². The summed E-state index contributed by atoms with van der Waals surface area (Å²) >= 11 is 0. The molecule has 0 saturated carbocycles. The van der Waals surface area contributed by atoms with E-state index in [9.17, 15) is 4.79 Å². The summed E-state index contributed by atoms with van der Waals surface area (Å²) in [6, 6.07) is 10.2. The fourth-order valence-electron chi connectivity index (χ4n) is 1.96.